The van der Waals surface area contributed by atoms with Gasteiger partial charge in [0.05, 0.1) is 12.7 Å². The first kappa shape index (κ1) is 28.6. The Morgan fingerprint density at radius 3 is 0.962 bits per heavy atom. The van der Waals surface area contributed by atoms with Gasteiger partial charge in [-0.2, -0.15) is 0 Å². The second-order valence-electron chi connectivity index (χ2n) is 5.23. The van der Waals surface area contributed by atoms with E-state index >= 15 is 0 Å². The predicted octanol–water partition coefficient (Wildman–Crippen LogP) is 1.18. The maximum Gasteiger partial charge on any atom is 0.303 e. The summed E-state index contributed by atoms with van der Waals surface area (Å²) in [5.41, 5.74) is 0. The number of aliphatic hydroxyl groups excluding tert-OH is 2. The molecule has 0 spiro atoms. The number of hydrogen-bond acceptors (Lipinski definition) is 6. The van der Waals surface area contributed by atoms with Crippen LogP contribution in [0.1, 0.15) is 64.7 Å². The standard InChI is InChI=1S/2C6H10O4.C4H10O2/c2*7-5(8)3-1-2-4-6(9)10;1-2-4(6)3-5/h2*1-4H2,(H,7,8)(H,9,10);4-6H,2-3H2,1H3. The van der Waals surface area contributed by atoms with Crippen LogP contribution < -0.4 is 0 Å². The molecule has 0 aliphatic heterocycles. The second kappa shape index (κ2) is 20.8. The Labute approximate surface area is 152 Å². The smallest absolute Gasteiger partial charge is 0.303 e. The number of hydrogen-bond donors (Lipinski definition) is 6. The van der Waals surface area contributed by atoms with Crippen molar-refractivity contribution in [1.82, 2.24) is 0 Å². The molecule has 0 amide bonds. The molecule has 26 heavy (non-hydrogen) atoms. The molecule has 6 N–H and O–H groups in total. The van der Waals surface area contributed by atoms with E-state index in [1.807, 2.05) is 6.92 Å². The Kier molecular flexibility index (Phi) is 22.9. The number of carboxylic acid groups (broad SMARTS) is 4. The summed E-state index contributed by atoms with van der Waals surface area (Å²) in [6, 6.07) is 0. The van der Waals surface area contributed by atoms with Crippen molar-refractivity contribution in [2.45, 2.75) is 70.8 Å². The molecular formula is C16H30O10. The summed E-state index contributed by atoms with van der Waals surface area (Å²) in [4.78, 5) is 39.6. The molecule has 10 heteroatoms. The van der Waals surface area contributed by atoms with Gasteiger partial charge in [-0.1, -0.05) is 6.92 Å². The van der Waals surface area contributed by atoms with Crippen LogP contribution in [-0.4, -0.2) is 67.2 Å². The van der Waals surface area contributed by atoms with E-state index in [1.54, 1.807) is 0 Å². The molecule has 0 fully saturated rings. The Morgan fingerprint density at radius 1 is 0.654 bits per heavy atom. The van der Waals surface area contributed by atoms with Crippen molar-refractivity contribution in [3.05, 3.63) is 0 Å². The van der Waals surface area contributed by atoms with Crippen LogP contribution in [0.25, 0.3) is 0 Å². The third-order valence-electron chi connectivity index (χ3n) is 2.74. The van der Waals surface area contributed by atoms with E-state index in [9.17, 15) is 19.2 Å². The van der Waals surface area contributed by atoms with E-state index in [0.717, 1.165) is 0 Å². The average Bonchev–Trinajstić information content (AvgIpc) is 2.55. The summed E-state index contributed by atoms with van der Waals surface area (Å²) in [5, 5.41) is 49.0. The normalized spacial score (nSPS) is 10.4. The first-order valence-electron chi connectivity index (χ1n) is 8.22. The van der Waals surface area contributed by atoms with Gasteiger partial charge in [0.15, 0.2) is 0 Å². The largest absolute Gasteiger partial charge is 0.481 e. The Morgan fingerprint density at radius 2 is 0.885 bits per heavy atom. The molecule has 154 valence electrons. The fourth-order valence-electron chi connectivity index (χ4n) is 1.23. The molecule has 1 unspecified atom stereocenters. The maximum atomic E-state index is 9.90. The van der Waals surface area contributed by atoms with E-state index in [0.29, 0.717) is 32.1 Å². The fraction of sp³-hybridized carbons (Fsp3) is 0.750. The molecule has 0 radical (unpaired) electrons. The van der Waals surface area contributed by atoms with Gasteiger partial charge < -0.3 is 30.6 Å². The summed E-state index contributed by atoms with van der Waals surface area (Å²) in [6.07, 6.45) is 2.16. The summed E-state index contributed by atoms with van der Waals surface area (Å²) in [5.74, 6) is -3.48. The van der Waals surface area contributed by atoms with Crippen LogP contribution in [0.4, 0.5) is 0 Å². The molecule has 0 heterocycles. The van der Waals surface area contributed by atoms with Gasteiger partial charge >= 0.3 is 23.9 Å². The minimum atomic E-state index is -0.870. The second-order valence-corrected chi connectivity index (χ2v) is 5.23. The summed E-state index contributed by atoms with van der Waals surface area (Å²) >= 11 is 0. The van der Waals surface area contributed by atoms with Crippen molar-refractivity contribution in [3.8, 4) is 0 Å². The van der Waals surface area contributed by atoms with E-state index < -0.39 is 30.0 Å². The molecule has 1 atom stereocenters. The van der Waals surface area contributed by atoms with Crippen LogP contribution in [0.3, 0.4) is 0 Å². The topological polar surface area (TPSA) is 190 Å². The third-order valence-corrected chi connectivity index (χ3v) is 2.74. The number of rotatable bonds is 12. The van der Waals surface area contributed by atoms with Gasteiger partial charge in [0.2, 0.25) is 0 Å². The number of aliphatic carboxylic acids is 4. The van der Waals surface area contributed by atoms with Crippen LogP contribution in [0.15, 0.2) is 0 Å². The van der Waals surface area contributed by atoms with Gasteiger partial charge in [0, 0.05) is 25.7 Å². The SMILES string of the molecule is CCC(O)CO.O=C(O)CCCCC(=O)O.O=C(O)CCCCC(=O)O. The molecule has 0 aromatic carbocycles. The lowest BCUT2D eigenvalue weighted by molar-refractivity contribution is -0.139. The molecule has 10 nitrogen and oxygen atoms in total. The molecule has 0 aliphatic carbocycles. The minimum absolute atomic E-state index is 0.0628. The highest BCUT2D eigenvalue weighted by Crippen LogP contribution is 1.99. The van der Waals surface area contributed by atoms with Gasteiger partial charge in [0.1, 0.15) is 0 Å². The van der Waals surface area contributed by atoms with Gasteiger partial charge in [0.25, 0.3) is 0 Å². The number of aliphatic hydroxyl groups is 2. The van der Waals surface area contributed by atoms with E-state index in [4.69, 9.17) is 30.6 Å². The molecule has 0 aromatic heterocycles. The molecule has 0 rings (SSSR count). The lowest BCUT2D eigenvalue weighted by atomic mass is 10.2. The zero-order chi connectivity index (χ0) is 21.0. The number of carbonyl (C=O) groups is 4. The van der Waals surface area contributed by atoms with Crippen LogP contribution in [0.5, 0.6) is 0 Å². The number of unbranched alkanes of at least 4 members (excludes halogenated alkanes) is 2. The van der Waals surface area contributed by atoms with Gasteiger partial charge in [-0.05, 0) is 32.1 Å². The van der Waals surface area contributed by atoms with Crippen molar-refractivity contribution in [1.29, 1.82) is 0 Å². The van der Waals surface area contributed by atoms with Crippen molar-refractivity contribution in [2.75, 3.05) is 6.61 Å². The van der Waals surface area contributed by atoms with Crippen molar-refractivity contribution >= 4 is 23.9 Å². The first-order chi connectivity index (χ1) is 12.1. The molecule has 0 aromatic rings. The van der Waals surface area contributed by atoms with Crippen LogP contribution in [0, 0.1) is 0 Å². The summed E-state index contributed by atoms with van der Waals surface area (Å²) < 4.78 is 0. The number of carboxylic acids is 4. The Bertz CT molecular complexity index is 326. The fourth-order valence-corrected chi connectivity index (χ4v) is 1.23. The highest BCUT2D eigenvalue weighted by atomic mass is 16.4. The molecule has 0 aliphatic rings. The molecule has 0 bridgehead atoms. The Hall–Kier alpha value is -2.20. The third kappa shape index (κ3) is 37.8. The van der Waals surface area contributed by atoms with Gasteiger partial charge in [-0.25, -0.2) is 0 Å². The van der Waals surface area contributed by atoms with E-state index in [1.165, 1.54) is 0 Å². The zero-order valence-electron chi connectivity index (χ0n) is 15.0. The van der Waals surface area contributed by atoms with Crippen molar-refractivity contribution in [2.24, 2.45) is 0 Å². The molecule has 0 saturated heterocycles. The van der Waals surface area contributed by atoms with E-state index in [-0.39, 0.29) is 32.3 Å². The highest BCUT2D eigenvalue weighted by Gasteiger charge is 1.99. The van der Waals surface area contributed by atoms with Crippen LogP contribution in [-0.2, 0) is 19.2 Å². The van der Waals surface area contributed by atoms with Crippen LogP contribution >= 0.6 is 0 Å². The average molecular weight is 382 g/mol. The zero-order valence-corrected chi connectivity index (χ0v) is 15.0. The lowest BCUT2D eigenvalue weighted by Crippen LogP contribution is -2.08. The lowest BCUT2D eigenvalue weighted by Gasteiger charge is -1.97. The van der Waals surface area contributed by atoms with Crippen molar-refractivity contribution in [3.63, 3.8) is 0 Å². The predicted molar refractivity (Wildman–Crippen MR) is 90.9 cm³/mol. The maximum absolute atomic E-state index is 9.90. The summed E-state index contributed by atoms with van der Waals surface area (Å²) in [6.45, 7) is 1.71. The van der Waals surface area contributed by atoms with Gasteiger partial charge in [-0.3, -0.25) is 19.2 Å². The molecule has 0 saturated carbocycles. The Balaban J connectivity index is -0.000000316. The molecular weight excluding hydrogens is 352 g/mol. The minimum Gasteiger partial charge on any atom is -0.481 e. The first-order valence-corrected chi connectivity index (χ1v) is 8.22. The van der Waals surface area contributed by atoms with Crippen LogP contribution in [0.2, 0.25) is 0 Å². The van der Waals surface area contributed by atoms with Gasteiger partial charge in [-0.15, -0.1) is 0 Å². The van der Waals surface area contributed by atoms with E-state index in [2.05, 4.69) is 0 Å². The van der Waals surface area contributed by atoms with Crippen molar-refractivity contribution < 1.29 is 49.8 Å². The quantitative estimate of drug-likeness (QED) is 0.267. The highest BCUT2D eigenvalue weighted by molar-refractivity contribution is 5.68. The monoisotopic (exact) mass is 382 g/mol. The summed E-state index contributed by atoms with van der Waals surface area (Å²) in [7, 11) is 0.